The summed E-state index contributed by atoms with van der Waals surface area (Å²) in [4.78, 5) is 27.2. The van der Waals surface area contributed by atoms with Crippen LogP contribution >= 0.6 is 0 Å². The van der Waals surface area contributed by atoms with Crippen molar-refractivity contribution < 1.29 is 9.59 Å². The number of carbonyl (C=O) groups excluding carboxylic acids is 2. The van der Waals surface area contributed by atoms with Crippen LogP contribution in [-0.2, 0) is 9.59 Å². The van der Waals surface area contributed by atoms with E-state index in [0.29, 0.717) is 18.8 Å². The highest BCUT2D eigenvalue weighted by atomic mass is 16.2. The molecule has 0 aromatic carbocycles. The summed E-state index contributed by atoms with van der Waals surface area (Å²) in [6, 6.07) is 0. The number of hydrogen-bond acceptors (Lipinski definition) is 3. The number of primary amides is 1. The van der Waals surface area contributed by atoms with Crippen LogP contribution < -0.4 is 5.73 Å². The third-order valence-corrected chi connectivity index (χ3v) is 3.63. The van der Waals surface area contributed by atoms with Gasteiger partial charge in [-0.05, 0) is 12.3 Å². The zero-order valence-corrected chi connectivity index (χ0v) is 12.4. The molecule has 1 atom stereocenters. The lowest BCUT2D eigenvalue weighted by molar-refractivity contribution is -0.133. The molecule has 0 spiro atoms. The maximum atomic E-state index is 12.0. The average Bonchev–Trinajstić information content (AvgIpc) is 2.35. The van der Waals surface area contributed by atoms with Gasteiger partial charge < -0.3 is 10.6 Å². The van der Waals surface area contributed by atoms with Crippen LogP contribution in [0.1, 0.15) is 33.6 Å². The summed E-state index contributed by atoms with van der Waals surface area (Å²) in [6.07, 6.45) is 0.981. The van der Waals surface area contributed by atoms with Gasteiger partial charge in [0.2, 0.25) is 11.8 Å². The van der Waals surface area contributed by atoms with Gasteiger partial charge in [-0.15, -0.1) is 0 Å². The van der Waals surface area contributed by atoms with Crippen LogP contribution in [-0.4, -0.2) is 54.3 Å². The molecule has 0 unspecified atom stereocenters. The summed E-state index contributed by atoms with van der Waals surface area (Å²) in [7, 11) is 0. The van der Waals surface area contributed by atoms with E-state index < -0.39 is 0 Å². The minimum Gasteiger partial charge on any atom is -0.369 e. The average molecular weight is 269 g/mol. The van der Waals surface area contributed by atoms with Crippen molar-refractivity contribution in [2.75, 3.05) is 32.7 Å². The molecule has 0 aliphatic carbocycles. The highest BCUT2D eigenvalue weighted by Crippen LogP contribution is 2.10. The number of hydrogen-bond donors (Lipinski definition) is 1. The predicted octanol–water partition coefficient (Wildman–Crippen LogP) is 0.688. The van der Waals surface area contributed by atoms with Crippen molar-refractivity contribution in [1.29, 1.82) is 0 Å². The number of amides is 2. The molecule has 1 heterocycles. The Morgan fingerprint density at radius 1 is 1.11 bits per heavy atom. The Morgan fingerprint density at radius 2 is 1.68 bits per heavy atom. The molecule has 1 rings (SSSR count). The summed E-state index contributed by atoms with van der Waals surface area (Å²) < 4.78 is 0. The van der Waals surface area contributed by atoms with Crippen molar-refractivity contribution in [2.24, 2.45) is 17.6 Å². The molecule has 5 heteroatoms. The third kappa shape index (κ3) is 5.59. The zero-order valence-electron chi connectivity index (χ0n) is 12.4. The van der Waals surface area contributed by atoms with Crippen LogP contribution in [0, 0.1) is 11.8 Å². The minimum atomic E-state index is -0.324. The molecule has 1 aliphatic heterocycles. The van der Waals surface area contributed by atoms with Crippen LogP contribution in [0.3, 0.4) is 0 Å². The molecular formula is C14H27N3O2. The number of nitrogens with two attached hydrogens (primary N) is 1. The molecule has 1 saturated heterocycles. The Morgan fingerprint density at radius 3 is 2.16 bits per heavy atom. The summed E-state index contributed by atoms with van der Waals surface area (Å²) in [6.45, 7) is 10.8. The molecule has 110 valence electrons. The second-order valence-corrected chi connectivity index (χ2v) is 5.92. The Balaban J connectivity index is 2.27. The van der Waals surface area contributed by atoms with E-state index in [1.165, 1.54) is 0 Å². The standard InChI is InChI=1S/C14H27N3O2/c1-11(2)10-16-6-8-17(9-7-16)13(18)5-4-12(3)14(15)19/h11-12H,4-10H2,1-3H3,(H2,15,19)/t12-/m0/s1. The smallest absolute Gasteiger partial charge is 0.222 e. The molecule has 1 fully saturated rings. The first-order chi connectivity index (χ1) is 8.90. The lowest BCUT2D eigenvalue weighted by atomic mass is 10.0. The van der Waals surface area contributed by atoms with Gasteiger partial charge in [-0.3, -0.25) is 14.5 Å². The quantitative estimate of drug-likeness (QED) is 0.771. The molecule has 2 amide bonds. The maximum absolute atomic E-state index is 12.0. The van der Waals surface area contributed by atoms with E-state index in [2.05, 4.69) is 18.7 Å². The lowest BCUT2D eigenvalue weighted by Gasteiger charge is -2.35. The van der Waals surface area contributed by atoms with Crippen LogP contribution in [0.15, 0.2) is 0 Å². The predicted molar refractivity (Wildman–Crippen MR) is 75.5 cm³/mol. The SMILES string of the molecule is CC(C)CN1CCN(C(=O)CC[C@H](C)C(N)=O)CC1. The topological polar surface area (TPSA) is 66.6 Å². The van der Waals surface area contributed by atoms with E-state index in [-0.39, 0.29) is 17.7 Å². The van der Waals surface area contributed by atoms with Crippen molar-refractivity contribution >= 4 is 11.8 Å². The number of nitrogens with zero attached hydrogens (tertiary/aromatic N) is 2. The largest absolute Gasteiger partial charge is 0.369 e. The van der Waals surface area contributed by atoms with Gasteiger partial charge in [-0.1, -0.05) is 20.8 Å². The second-order valence-electron chi connectivity index (χ2n) is 5.92. The Kier molecular flexibility index (Phi) is 6.28. The van der Waals surface area contributed by atoms with Crippen molar-refractivity contribution in [3.05, 3.63) is 0 Å². The van der Waals surface area contributed by atoms with E-state index in [1.54, 1.807) is 6.92 Å². The minimum absolute atomic E-state index is 0.150. The van der Waals surface area contributed by atoms with Crippen LogP contribution in [0.5, 0.6) is 0 Å². The number of piperazine rings is 1. The summed E-state index contributed by atoms with van der Waals surface area (Å²) in [5, 5.41) is 0. The molecule has 2 N–H and O–H groups in total. The lowest BCUT2D eigenvalue weighted by Crippen LogP contribution is -2.49. The molecule has 0 saturated carbocycles. The fraction of sp³-hybridized carbons (Fsp3) is 0.857. The van der Waals surface area contributed by atoms with Gasteiger partial charge in [0.1, 0.15) is 0 Å². The number of carbonyl (C=O) groups is 2. The van der Waals surface area contributed by atoms with Gasteiger partial charge in [0, 0.05) is 45.1 Å². The van der Waals surface area contributed by atoms with E-state index in [9.17, 15) is 9.59 Å². The third-order valence-electron chi connectivity index (χ3n) is 3.63. The maximum Gasteiger partial charge on any atom is 0.222 e. The van der Waals surface area contributed by atoms with Gasteiger partial charge in [0.05, 0.1) is 0 Å². The van der Waals surface area contributed by atoms with E-state index in [0.717, 1.165) is 32.7 Å². The zero-order chi connectivity index (χ0) is 14.4. The number of rotatable bonds is 6. The van der Waals surface area contributed by atoms with Crippen LogP contribution in [0.25, 0.3) is 0 Å². The van der Waals surface area contributed by atoms with Gasteiger partial charge in [0.25, 0.3) is 0 Å². The normalized spacial score (nSPS) is 18.6. The van der Waals surface area contributed by atoms with Gasteiger partial charge >= 0.3 is 0 Å². The Hall–Kier alpha value is -1.10. The van der Waals surface area contributed by atoms with Crippen molar-refractivity contribution in [2.45, 2.75) is 33.6 Å². The monoisotopic (exact) mass is 269 g/mol. The van der Waals surface area contributed by atoms with Gasteiger partial charge in [-0.2, -0.15) is 0 Å². The van der Waals surface area contributed by atoms with Gasteiger partial charge in [-0.25, -0.2) is 0 Å². The second kappa shape index (κ2) is 7.48. The van der Waals surface area contributed by atoms with Crippen LogP contribution in [0.2, 0.25) is 0 Å². The van der Waals surface area contributed by atoms with Crippen LogP contribution in [0.4, 0.5) is 0 Å². The van der Waals surface area contributed by atoms with E-state index in [1.807, 2.05) is 4.90 Å². The first-order valence-corrected chi connectivity index (χ1v) is 7.19. The van der Waals surface area contributed by atoms with Crippen molar-refractivity contribution in [3.8, 4) is 0 Å². The van der Waals surface area contributed by atoms with Gasteiger partial charge in [0.15, 0.2) is 0 Å². The highest BCUT2D eigenvalue weighted by Gasteiger charge is 2.22. The molecule has 19 heavy (non-hydrogen) atoms. The first kappa shape index (κ1) is 16.0. The fourth-order valence-electron chi connectivity index (χ4n) is 2.34. The molecule has 0 aromatic heterocycles. The van der Waals surface area contributed by atoms with Crippen molar-refractivity contribution in [3.63, 3.8) is 0 Å². The van der Waals surface area contributed by atoms with Crippen molar-refractivity contribution in [1.82, 2.24) is 9.80 Å². The Labute approximate surface area is 116 Å². The molecule has 5 nitrogen and oxygen atoms in total. The van der Waals surface area contributed by atoms with E-state index >= 15 is 0 Å². The summed E-state index contributed by atoms with van der Waals surface area (Å²) in [5.74, 6) is 0.275. The Bertz CT molecular complexity index is 310. The fourth-order valence-corrected chi connectivity index (χ4v) is 2.34. The van der Waals surface area contributed by atoms with E-state index in [4.69, 9.17) is 5.73 Å². The molecule has 0 bridgehead atoms. The molecule has 1 aliphatic rings. The first-order valence-electron chi connectivity index (χ1n) is 7.19. The summed E-state index contributed by atoms with van der Waals surface area (Å²) in [5.41, 5.74) is 5.19. The molecule has 0 aromatic rings. The molecular weight excluding hydrogens is 242 g/mol. The molecule has 0 radical (unpaired) electrons. The summed E-state index contributed by atoms with van der Waals surface area (Å²) >= 11 is 0. The highest BCUT2D eigenvalue weighted by molar-refractivity contribution is 5.79.